The minimum Gasteiger partial charge on any atom is -0.357 e. The van der Waals surface area contributed by atoms with Crippen LogP contribution in [0.4, 0.5) is 0 Å². The standard InChI is InChI=1S/C21H30N4/c1-4-22-21(23-15-14-18-8-6-5-7-9-18)24-16-19-10-12-20(13-11-19)17-25(2)3/h5-13H,4,14-17H2,1-3H3,(H2,22,23,24). The maximum atomic E-state index is 4.69. The molecule has 0 amide bonds. The molecule has 2 N–H and O–H groups in total. The zero-order chi connectivity index (χ0) is 17.9. The lowest BCUT2D eigenvalue weighted by atomic mass is 10.1. The third-order valence-electron chi connectivity index (χ3n) is 3.83. The average Bonchev–Trinajstić information content (AvgIpc) is 2.61. The fourth-order valence-electron chi connectivity index (χ4n) is 2.60. The minimum atomic E-state index is 0.683. The Morgan fingerprint density at radius 3 is 2.20 bits per heavy atom. The highest BCUT2D eigenvalue weighted by atomic mass is 15.2. The van der Waals surface area contributed by atoms with E-state index in [0.29, 0.717) is 6.54 Å². The smallest absolute Gasteiger partial charge is 0.191 e. The molecule has 0 saturated carbocycles. The molecule has 4 heteroatoms. The normalized spacial score (nSPS) is 11.6. The molecule has 0 aliphatic rings. The second-order valence-corrected chi connectivity index (χ2v) is 6.41. The van der Waals surface area contributed by atoms with E-state index in [9.17, 15) is 0 Å². The van der Waals surface area contributed by atoms with Crippen molar-refractivity contribution < 1.29 is 0 Å². The maximum absolute atomic E-state index is 4.69. The summed E-state index contributed by atoms with van der Waals surface area (Å²) in [6, 6.07) is 19.2. The highest BCUT2D eigenvalue weighted by molar-refractivity contribution is 5.79. The van der Waals surface area contributed by atoms with Crippen LogP contribution >= 0.6 is 0 Å². The molecule has 2 aromatic rings. The summed E-state index contributed by atoms with van der Waals surface area (Å²) in [4.78, 5) is 6.86. The van der Waals surface area contributed by atoms with Crippen LogP contribution in [0.5, 0.6) is 0 Å². The molecule has 25 heavy (non-hydrogen) atoms. The summed E-state index contributed by atoms with van der Waals surface area (Å²) in [5.41, 5.74) is 3.88. The molecule has 0 saturated heterocycles. The van der Waals surface area contributed by atoms with Gasteiger partial charge < -0.3 is 15.5 Å². The monoisotopic (exact) mass is 338 g/mol. The first kappa shape index (κ1) is 19.0. The van der Waals surface area contributed by atoms with Gasteiger partial charge in [0.2, 0.25) is 0 Å². The Balaban J connectivity index is 1.85. The number of guanidine groups is 1. The van der Waals surface area contributed by atoms with E-state index < -0.39 is 0 Å². The van der Waals surface area contributed by atoms with Crippen molar-refractivity contribution in [3.63, 3.8) is 0 Å². The van der Waals surface area contributed by atoms with E-state index in [1.807, 2.05) is 6.07 Å². The van der Waals surface area contributed by atoms with Gasteiger partial charge >= 0.3 is 0 Å². The summed E-state index contributed by atoms with van der Waals surface area (Å²) < 4.78 is 0. The Morgan fingerprint density at radius 2 is 1.56 bits per heavy atom. The first-order valence-electron chi connectivity index (χ1n) is 8.96. The quantitative estimate of drug-likeness (QED) is 0.574. The van der Waals surface area contributed by atoms with Crippen LogP contribution in [0.2, 0.25) is 0 Å². The largest absolute Gasteiger partial charge is 0.357 e. The topological polar surface area (TPSA) is 39.7 Å². The molecule has 2 aromatic carbocycles. The lowest BCUT2D eigenvalue weighted by molar-refractivity contribution is 0.402. The van der Waals surface area contributed by atoms with Crippen molar-refractivity contribution in [1.82, 2.24) is 15.5 Å². The van der Waals surface area contributed by atoms with Gasteiger partial charge in [-0.05, 0) is 44.1 Å². The Bertz CT molecular complexity index is 633. The number of aliphatic imine (C=N–C) groups is 1. The van der Waals surface area contributed by atoms with Crippen LogP contribution in [0, 0.1) is 0 Å². The Hall–Kier alpha value is -2.33. The van der Waals surface area contributed by atoms with Crippen LogP contribution < -0.4 is 10.6 Å². The fraction of sp³-hybridized carbons (Fsp3) is 0.381. The molecule has 0 spiro atoms. The van der Waals surface area contributed by atoms with E-state index in [0.717, 1.165) is 32.0 Å². The molecule has 0 unspecified atom stereocenters. The van der Waals surface area contributed by atoms with Crippen LogP contribution in [0.25, 0.3) is 0 Å². The molecule has 0 heterocycles. The lowest BCUT2D eigenvalue weighted by Crippen LogP contribution is -2.38. The predicted octanol–water partition coefficient (Wildman–Crippen LogP) is 3.05. The van der Waals surface area contributed by atoms with E-state index in [4.69, 9.17) is 0 Å². The third kappa shape index (κ3) is 7.40. The van der Waals surface area contributed by atoms with Gasteiger partial charge in [-0.25, -0.2) is 4.99 Å². The van der Waals surface area contributed by atoms with Gasteiger partial charge in [0.15, 0.2) is 5.96 Å². The third-order valence-corrected chi connectivity index (χ3v) is 3.83. The van der Waals surface area contributed by atoms with Gasteiger partial charge in [0.1, 0.15) is 0 Å². The van der Waals surface area contributed by atoms with Crippen molar-refractivity contribution in [2.24, 2.45) is 4.99 Å². The molecule has 0 aliphatic heterocycles. The first-order valence-corrected chi connectivity index (χ1v) is 8.96. The van der Waals surface area contributed by atoms with Crippen molar-refractivity contribution in [3.05, 3.63) is 71.3 Å². The summed E-state index contributed by atoms with van der Waals surface area (Å²) in [6.07, 6.45) is 0.991. The molecule has 0 atom stereocenters. The van der Waals surface area contributed by atoms with Crippen molar-refractivity contribution >= 4 is 5.96 Å². The van der Waals surface area contributed by atoms with Crippen LogP contribution in [-0.2, 0) is 19.5 Å². The van der Waals surface area contributed by atoms with Crippen molar-refractivity contribution in [3.8, 4) is 0 Å². The summed E-state index contributed by atoms with van der Waals surface area (Å²) in [5.74, 6) is 0.871. The number of rotatable bonds is 8. The molecular weight excluding hydrogens is 308 g/mol. The van der Waals surface area contributed by atoms with E-state index in [-0.39, 0.29) is 0 Å². The molecule has 0 bridgehead atoms. The highest BCUT2D eigenvalue weighted by Crippen LogP contribution is 2.07. The molecule has 134 valence electrons. The average molecular weight is 338 g/mol. The van der Waals surface area contributed by atoms with Gasteiger partial charge in [-0.15, -0.1) is 0 Å². The van der Waals surface area contributed by atoms with Gasteiger partial charge in [0, 0.05) is 19.6 Å². The summed E-state index contributed by atoms with van der Waals surface area (Å²) >= 11 is 0. The van der Waals surface area contributed by atoms with Crippen molar-refractivity contribution in [2.75, 3.05) is 27.2 Å². The summed E-state index contributed by atoms with van der Waals surface area (Å²) in [5, 5.41) is 6.72. The molecule has 2 rings (SSSR count). The number of benzene rings is 2. The number of hydrogen-bond donors (Lipinski definition) is 2. The van der Waals surface area contributed by atoms with Gasteiger partial charge in [0.25, 0.3) is 0 Å². The number of nitrogens with one attached hydrogen (secondary N) is 2. The van der Waals surface area contributed by atoms with Crippen LogP contribution in [0.15, 0.2) is 59.6 Å². The van der Waals surface area contributed by atoms with Crippen molar-refractivity contribution in [1.29, 1.82) is 0 Å². The van der Waals surface area contributed by atoms with Crippen LogP contribution in [0.1, 0.15) is 23.6 Å². The van der Waals surface area contributed by atoms with Crippen molar-refractivity contribution in [2.45, 2.75) is 26.4 Å². The molecular formula is C21H30N4. The predicted molar refractivity (Wildman–Crippen MR) is 107 cm³/mol. The minimum absolute atomic E-state index is 0.683. The molecule has 0 aliphatic carbocycles. The lowest BCUT2D eigenvalue weighted by Gasteiger charge is -2.12. The summed E-state index contributed by atoms with van der Waals surface area (Å²) in [6.45, 7) is 5.47. The molecule has 0 fully saturated rings. The Kier molecular flexibility index (Phi) is 7.99. The summed E-state index contributed by atoms with van der Waals surface area (Å²) in [7, 11) is 4.17. The Labute approximate surface area is 152 Å². The second kappa shape index (κ2) is 10.5. The number of hydrogen-bond acceptors (Lipinski definition) is 2. The first-order chi connectivity index (χ1) is 12.2. The highest BCUT2D eigenvalue weighted by Gasteiger charge is 1.99. The van der Waals surface area contributed by atoms with E-state index >= 15 is 0 Å². The number of nitrogens with zero attached hydrogens (tertiary/aromatic N) is 2. The second-order valence-electron chi connectivity index (χ2n) is 6.41. The Morgan fingerprint density at radius 1 is 0.880 bits per heavy atom. The van der Waals surface area contributed by atoms with Gasteiger partial charge in [0.05, 0.1) is 6.54 Å². The van der Waals surface area contributed by atoms with Gasteiger partial charge in [-0.2, -0.15) is 0 Å². The van der Waals surface area contributed by atoms with E-state index in [2.05, 4.69) is 90.1 Å². The zero-order valence-electron chi connectivity index (χ0n) is 15.6. The fourth-order valence-corrected chi connectivity index (χ4v) is 2.60. The molecule has 0 aromatic heterocycles. The van der Waals surface area contributed by atoms with Gasteiger partial charge in [-0.3, -0.25) is 0 Å². The van der Waals surface area contributed by atoms with Gasteiger partial charge in [-0.1, -0.05) is 54.6 Å². The van der Waals surface area contributed by atoms with E-state index in [1.54, 1.807) is 0 Å². The van der Waals surface area contributed by atoms with Crippen LogP contribution in [0.3, 0.4) is 0 Å². The SMILES string of the molecule is CCNC(=NCc1ccc(CN(C)C)cc1)NCCc1ccccc1. The van der Waals surface area contributed by atoms with E-state index in [1.165, 1.54) is 16.7 Å². The van der Waals surface area contributed by atoms with Crippen LogP contribution in [-0.4, -0.2) is 38.0 Å². The molecule has 0 radical (unpaired) electrons. The molecule has 4 nitrogen and oxygen atoms in total. The zero-order valence-corrected chi connectivity index (χ0v) is 15.6. The maximum Gasteiger partial charge on any atom is 0.191 e.